The molecule has 0 spiro atoms. The fraction of sp³-hybridized carbons (Fsp3) is 0.130. The lowest BCUT2D eigenvalue weighted by atomic mass is 10.2. The molecule has 1 amide bonds. The monoisotopic (exact) mass is 472 g/mol. The van der Waals surface area contributed by atoms with Crippen molar-refractivity contribution >= 4 is 63.9 Å². The molecular formula is C23H18Cl2N2O3S. The van der Waals surface area contributed by atoms with Crippen LogP contribution in [0.4, 0.5) is 17.1 Å². The number of fused-ring (bicyclic) bond motifs is 2. The molecule has 0 saturated carbocycles. The Labute approximate surface area is 194 Å². The van der Waals surface area contributed by atoms with Crippen LogP contribution < -0.4 is 10.2 Å². The number of para-hydroxylation sites is 3. The third kappa shape index (κ3) is 4.98. The highest BCUT2D eigenvalue weighted by molar-refractivity contribution is 7.99. The number of esters is 1. The second-order valence-electron chi connectivity index (χ2n) is 6.74. The largest absolute Gasteiger partial charge is 0.456 e. The molecule has 8 heteroatoms. The van der Waals surface area contributed by atoms with Crippen LogP contribution in [-0.4, -0.2) is 25.0 Å². The van der Waals surface area contributed by atoms with Gasteiger partial charge in [0.25, 0.3) is 5.91 Å². The minimum atomic E-state index is -0.506. The SMILES string of the molecule is O=C(COC(=O)CCN1c2ccccc2Sc2ccccc21)Nc1c(Cl)cccc1Cl. The standard InChI is InChI=1S/C23H18Cl2N2O3S/c24-15-6-5-7-16(25)23(15)26-21(28)14-30-22(29)12-13-27-17-8-1-3-10-19(17)31-20-11-4-2-9-18(20)27/h1-11H,12-14H2,(H,26,28). The van der Waals surface area contributed by atoms with E-state index in [0.717, 1.165) is 21.2 Å². The second kappa shape index (κ2) is 9.64. The maximum Gasteiger partial charge on any atom is 0.308 e. The summed E-state index contributed by atoms with van der Waals surface area (Å²) in [7, 11) is 0. The Morgan fingerprint density at radius 3 is 2.06 bits per heavy atom. The number of hydrogen-bond donors (Lipinski definition) is 1. The average molecular weight is 473 g/mol. The van der Waals surface area contributed by atoms with Crippen LogP contribution in [-0.2, 0) is 14.3 Å². The number of amides is 1. The Morgan fingerprint density at radius 1 is 0.871 bits per heavy atom. The van der Waals surface area contributed by atoms with Gasteiger partial charge in [0.05, 0.1) is 33.5 Å². The van der Waals surface area contributed by atoms with Crippen LogP contribution in [0.2, 0.25) is 10.0 Å². The number of rotatable bonds is 6. The van der Waals surface area contributed by atoms with Crippen LogP contribution >= 0.6 is 35.0 Å². The molecule has 0 bridgehead atoms. The number of hydrogen-bond acceptors (Lipinski definition) is 5. The normalized spacial score (nSPS) is 12.0. The summed E-state index contributed by atoms with van der Waals surface area (Å²) in [5, 5.41) is 3.20. The molecule has 31 heavy (non-hydrogen) atoms. The summed E-state index contributed by atoms with van der Waals surface area (Å²) in [4.78, 5) is 28.8. The van der Waals surface area contributed by atoms with Crippen molar-refractivity contribution in [2.75, 3.05) is 23.4 Å². The summed E-state index contributed by atoms with van der Waals surface area (Å²) in [6, 6.07) is 21.0. The number of anilines is 3. The first-order chi connectivity index (χ1) is 15.0. The first-order valence-corrected chi connectivity index (χ1v) is 11.1. The number of nitrogens with zero attached hydrogens (tertiary/aromatic N) is 1. The fourth-order valence-electron chi connectivity index (χ4n) is 3.24. The maximum absolute atomic E-state index is 12.3. The van der Waals surface area contributed by atoms with Gasteiger partial charge in [-0.25, -0.2) is 0 Å². The van der Waals surface area contributed by atoms with Gasteiger partial charge in [0, 0.05) is 16.3 Å². The van der Waals surface area contributed by atoms with E-state index < -0.39 is 18.5 Å². The van der Waals surface area contributed by atoms with Gasteiger partial charge < -0.3 is 15.0 Å². The highest BCUT2D eigenvalue weighted by Crippen LogP contribution is 2.47. The number of carbonyl (C=O) groups is 2. The van der Waals surface area contributed by atoms with E-state index in [1.54, 1.807) is 30.0 Å². The van der Waals surface area contributed by atoms with Crippen LogP contribution in [0.25, 0.3) is 0 Å². The van der Waals surface area contributed by atoms with E-state index in [1.165, 1.54) is 0 Å². The molecule has 1 N–H and O–H groups in total. The predicted molar refractivity (Wildman–Crippen MR) is 125 cm³/mol. The van der Waals surface area contributed by atoms with Crippen LogP contribution in [0, 0.1) is 0 Å². The van der Waals surface area contributed by atoms with E-state index in [0.29, 0.717) is 22.3 Å². The summed E-state index contributed by atoms with van der Waals surface area (Å²) >= 11 is 13.8. The Bertz CT molecular complexity index is 1070. The lowest BCUT2D eigenvalue weighted by Gasteiger charge is -2.32. The van der Waals surface area contributed by atoms with Gasteiger partial charge in [-0.1, -0.05) is 65.3 Å². The third-order valence-corrected chi connectivity index (χ3v) is 6.42. The number of halogens is 2. The molecule has 4 rings (SSSR count). The van der Waals surface area contributed by atoms with Gasteiger partial charge in [0.15, 0.2) is 6.61 Å². The summed E-state index contributed by atoms with van der Waals surface area (Å²) < 4.78 is 5.15. The Balaban J connectivity index is 1.36. The van der Waals surface area contributed by atoms with Crippen molar-refractivity contribution in [2.45, 2.75) is 16.2 Å². The summed E-state index contributed by atoms with van der Waals surface area (Å²) in [6.45, 7) is 0.0226. The molecule has 5 nitrogen and oxygen atoms in total. The molecule has 158 valence electrons. The molecule has 1 heterocycles. The van der Waals surface area contributed by atoms with E-state index in [1.807, 2.05) is 36.4 Å². The first-order valence-electron chi connectivity index (χ1n) is 9.56. The van der Waals surface area contributed by atoms with Crippen molar-refractivity contribution in [1.82, 2.24) is 0 Å². The zero-order valence-electron chi connectivity index (χ0n) is 16.3. The quantitative estimate of drug-likeness (QED) is 0.434. The maximum atomic E-state index is 12.3. The van der Waals surface area contributed by atoms with Crippen molar-refractivity contribution < 1.29 is 14.3 Å². The van der Waals surface area contributed by atoms with Crippen LogP contribution in [0.3, 0.4) is 0 Å². The zero-order valence-corrected chi connectivity index (χ0v) is 18.6. The molecule has 0 aromatic heterocycles. The van der Waals surface area contributed by atoms with Crippen molar-refractivity contribution in [2.24, 2.45) is 0 Å². The average Bonchev–Trinajstić information content (AvgIpc) is 2.77. The van der Waals surface area contributed by atoms with Gasteiger partial charge in [-0.3, -0.25) is 9.59 Å². The van der Waals surface area contributed by atoms with Crippen LogP contribution in [0.15, 0.2) is 76.5 Å². The number of carbonyl (C=O) groups excluding carboxylic acids is 2. The molecule has 0 unspecified atom stereocenters. The van der Waals surface area contributed by atoms with Crippen molar-refractivity contribution in [1.29, 1.82) is 0 Å². The molecule has 3 aromatic carbocycles. The molecule has 0 saturated heterocycles. The summed E-state index contributed by atoms with van der Waals surface area (Å²) in [5.41, 5.74) is 2.39. The lowest BCUT2D eigenvalue weighted by Crippen LogP contribution is -2.26. The second-order valence-corrected chi connectivity index (χ2v) is 8.64. The molecule has 3 aromatic rings. The molecule has 1 aliphatic rings. The van der Waals surface area contributed by atoms with Gasteiger partial charge >= 0.3 is 5.97 Å². The Kier molecular flexibility index (Phi) is 6.70. The minimum Gasteiger partial charge on any atom is -0.456 e. The van der Waals surface area contributed by atoms with Gasteiger partial charge in [0.1, 0.15) is 0 Å². The molecule has 1 aliphatic heterocycles. The molecular weight excluding hydrogens is 455 g/mol. The van der Waals surface area contributed by atoms with Gasteiger partial charge in [0.2, 0.25) is 0 Å². The van der Waals surface area contributed by atoms with E-state index in [-0.39, 0.29) is 6.42 Å². The molecule has 0 aliphatic carbocycles. The predicted octanol–water partition coefficient (Wildman–Crippen LogP) is 6.17. The highest BCUT2D eigenvalue weighted by atomic mass is 35.5. The zero-order chi connectivity index (χ0) is 21.8. The van der Waals surface area contributed by atoms with Gasteiger partial charge in [-0.05, 0) is 36.4 Å². The topological polar surface area (TPSA) is 58.6 Å². The van der Waals surface area contributed by atoms with E-state index in [4.69, 9.17) is 27.9 Å². The fourth-order valence-corrected chi connectivity index (χ4v) is 4.82. The summed E-state index contributed by atoms with van der Waals surface area (Å²) in [6.07, 6.45) is 0.132. The number of nitrogens with one attached hydrogen (secondary N) is 1. The number of ether oxygens (including phenoxy) is 1. The first kappa shape index (κ1) is 21.6. The van der Waals surface area contributed by atoms with Crippen LogP contribution in [0.5, 0.6) is 0 Å². The van der Waals surface area contributed by atoms with Gasteiger partial charge in [-0.15, -0.1) is 0 Å². The van der Waals surface area contributed by atoms with E-state index in [2.05, 4.69) is 22.3 Å². The molecule has 0 fully saturated rings. The Morgan fingerprint density at radius 2 is 1.45 bits per heavy atom. The minimum absolute atomic E-state index is 0.132. The molecule has 0 atom stereocenters. The highest BCUT2D eigenvalue weighted by Gasteiger charge is 2.23. The van der Waals surface area contributed by atoms with Gasteiger partial charge in [-0.2, -0.15) is 0 Å². The molecule has 0 radical (unpaired) electrons. The van der Waals surface area contributed by atoms with Crippen molar-refractivity contribution in [3.05, 3.63) is 76.8 Å². The third-order valence-electron chi connectivity index (χ3n) is 4.66. The smallest absolute Gasteiger partial charge is 0.308 e. The Hall–Kier alpha value is -2.67. The van der Waals surface area contributed by atoms with E-state index in [9.17, 15) is 9.59 Å². The van der Waals surface area contributed by atoms with Crippen molar-refractivity contribution in [3.8, 4) is 0 Å². The van der Waals surface area contributed by atoms with E-state index >= 15 is 0 Å². The van der Waals surface area contributed by atoms with Crippen LogP contribution in [0.1, 0.15) is 6.42 Å². The number of benzene rings is 3. The van der Waals surface area contributed by atoms with Crippen molar-refractivity contribution in [3.63, 3.8) is 0 Å². The lowest BCUT2D eigenvalue weighted by molar-refractivity contribution is -0.147. The summed E-state index contributed by atoms with van der Waals surface area (Å²) in [5.74, 6) is -0.970.